The van der Waals surface area contributed by atoms with Crippen LogP contribution in [-0.4, -0.2) is 44.7 Å². The van der Waals surface area contributed by atoms with Gasteiger partial charge in [-0.05, 0) is 25.0 Å². The molecule has 1 amide bonds. The summed E-state index contributed by atoms with van der Waals surface area (Å²) >= 11 is 0. The van der Waals surface area contributed by atoms with Crippen LogP contribution >= 0.6 is 0 Å². The van der Waals surface area contributed by atoms with Crippen molar-refractivity contribution in [3.05, 3.63) is 29.8 Å². The van der Waals surface area contributed by atoms with E-state index in [0.717, 1.165) is 25.9 Å². The molecule has 0 radical (unpaired) electrons. The Kier molecular flexibility index (Phi) is 4.66. The van der Waals surface area contributed by atoms with E-state index in [2.05, 4.69) is 9.71 Å². The van der Waals surface area contributed by atoms with Crippen molar-refractivity contribution in [3.8, 4) is 0 Å². The third kappa shape index (κ3) is 3.55. The number of hydrogen-bond acceptors (Lipinski definition) is 4. The summed E-state index contributed by atoms with van der Waals surface area (Å²) in [7, 11) is -3.51. The first kappa shape index (κ1) is 16.0. The fourth-order valence-electron chi connectivity index (χ4n) is 2.99. The van der Waals surface area contributed by atoms with Gasteiger partial charge < -0.3 is 4.90 Å². The van der Waals surface area contributed by atoms with Crippen LogP contribution in [0.5, 0.6) is 0 Å². The number of amidine groups is 1. The first-order valence-electron chi connectivity index (χ1n) is 8.02. The predicted molar refractivity (Wildman–Crippen MR) is 87.8 cm³/mol. The number of aliphatic imine (C=N–C) groups is 1. The van der Waals surface area contributed by atoms with Crippen molar-refractivity contribution in [2.75, 3.05) is 19.6 Å². The molecule has 1 N–H and O–H groups in total. The maximum absolute atomic E-state index is 12.2. The molecule has 0 bridgehead atoms. The maximum atomic E-state index is 12.2. The quantitative estimate of drug-likeness (QED) is 0.909. The van der Waals surface area contributed by atoms with Crippen molar-refractivity contribution in [1.82, 2.24) is 9.62 Å². The number of sulfonamides is 1. The highest BCUT2D eigenvalue weighted by Crippen LogP contribution is 2.22. The molecule has 2 aliphatic heterocycles. The molecule has 0 aliphatic carbocycles. The minimum Gasteiger partial charge on any atom is -0.343 e. The molecule has 2 aliphatic rings. The molecule has 0 aromatic heterocycles. The van der Waals surface area contributed by atoms with E-state index in [1.165, 1.54) is 12.8 Å². The Labute approximate surface area is 136 Å². The Hall–Kier alpha value is -1.89. The summed E-state index contributed by atoms with van der Waals surface area (Å²) in [6.07, 6.45) is 4.81. The van der Waals surface area contributed by atoms with Crippen LogP contribution in [0.4, 0.5) is 0 Å². The Morgan fingerprint density at radius 2 is 1.83 bits per heavy atom. The fraction of sp³-hybridized carbons (Fsp3) is 0.500. The Balaban J connectivity index is 1.64. The van der Waals surface area contributed by atoms with Crippen molar-refractivity contribution in [3.63, 3.8) is 0 Å². The summed E-state index contributed by atoms with van der Waals surface area (Å²) in [4.78, 5) is 18.7. The number of amides is 1. The highest BCUT2D eigenvalue weighted by molar-refractivity contribution is 7.90. The van der Waals surface area contributed by atoms with E-state index in [9.17, 15) is 13.2 Å². The molecule has 1 fully saturated rings. The van der Waals surface area contributed by atoms with Crippen LogP contribution in [-0.2, 0) is 14.8 Å². The Morgan fingerprint density at radius 1 is 1.13 bits per heavy atom. The van der Waals surface area contributed by atoms with Gasteiger partial charge >= 0.3 is 0 Å². The van der Waals surface area contributed by atoms with Crippen LogP contribution in [0, 0.1) is 0 Å². The largest absolute Gasteiger partial charge is 0.343 e. The molecule has 1 aromatic rings. The summed E-state index contributed by atoms with van der Waals surface area (Å²) < 4.78 is 26.4. The highest BCUT2D eigenvalue weighted by Gasteiger charge is 2.30. The molecule has 7 heteroatoms. The molecule has 3 rings (SSSR count). The van der Waals surface area contributed by atoms with Gasteiger partial charge in [-0.2, -0.15) is 0 Å². The van der Waals surface area contributed by atoms with E-state index < -0.39 is 10.0 Å². The standard InChI is InChI=1S/C16H21N3O3S/c20-15(19-11-5-1-2-6-12-19)9-10-17-16-13-7-3-4-8-14(13)23(21,22)18-16/h3-4,7-8H,1-2,5-6,9-12H2,(H,17,18). The zero-order chi connectivity index (χ0) is 16.3. The predicted octanol–water partition coefficient (Wildman–Crippen LogP) is 1.52. The number of benzene rings is 1. The first-order chi connectivity index (χ1) is 11.1. The van der Waals surface area contributed by atoms with Crippen molar-refractivity contribution < 1.29 is 13.2 Å². The second kappa shape index (κ2) is 6.70. The number of rotatable bonds is 3. The summed E-state index contributed by atoms with van der Waals surface area (Å²) in [5.74, 6) is 0.439. The molecule has 0 atom stereocenters. The van der Waals surface area contributed by atoms with Crippen LogP contribution in [0.15, 0.2) is 34.2 Å². The topological polar surface area (TPSA) is 78.8 Å². The van der Waals surface area contributed by atoms with E-state index in [1.807, 2.05) is 4.90 Å². The summed E-state index contributed by atoms with van der Waals surface area (Å²) in [5, 5.41) is 0. The number of fused-ring (bicyclic) bond motifs is 1. The minimum atomic E-state index is -3.51. The lowest BCUT2D eigenvalue weighted by molar-refractivity contribution is -0.130. The van der Waals surface area contributed by atoms with Gasteiger partial charge in [0.05, 0.1) is 11.4 Å². The third-order valence-electron chi connectivity index (χ3n) is 4.22. The van der Waals surface area contributed by atoms with E-state index in [0.29, 0.717) is 24.4 Å². The molecular formula is C16H21N3O3S. The smallest absolute Gasteiger partial charge is 0.263 e. The van der Waals surface area contributed by atoms with Crippen LogP contribution in [0.25, 0.3) is 0 Å². The van der Waals surface area contributed by atoms with E-state index in [-0.39, 0.29) is 10.8 Å². The number of nitrogens with zero attached hydrogens (tertiary/aromatic N) is 2. The monoisotopic (exact) mass is 335 g/mol. The normalized spacial score (nSPS) is 21.6. The highest BCUT2D eigenvalue weighted by atomic mass is 32.2. The second-order valence-electron chi connectivity index (χ2n) is 5.88. The fourth-order valence-corrected chi connectivity index (χ4v) is 4.24. The molecule has 6 nitrogen and oxygen atoms in total. The zero-order valence-electron chi connectivity index (χ0n) is 13.0. The van der Waals surface area contributed by atoms with E-state index in [1.54, 1.807) is 24.3 Å². The average Bonchev–Trinajstić information content (AvgIpc) is 2.74. The van der Waals surface area contributed by atoms with Gasteiger partial charge in [0, 0.05) is 25.1 Å². The molecule has 0 spiro atoms. The van der Waals surface area contributed by atoms with Crippen molar-refractivity contribution in [2.45, 2.75) is 37.0 Å². The van der Waals surface area contributed by atoms with Gasteiger partial charge in [-0.1, -0.05) is 25.0 Å². The number of nitrogens with one attached hydrogen (secondary N) is 1. The molecule has 1 saturated heterocycles. The number of carbonyl (C=O) groups excluding carboxylic acids is 1. The van der Waals surface area contributed by atoms with Gasteiger partial charge in [-0.3, -0.25) is 14.5 Å². The summed E-state index contributed by atoms with van der Waals surface area (Å²) in [6, 6.07) is 6.74. The first-order valence-corrected chi connectivity index (χ1v) is 9.51. The number of carbonyl (C=O) groups is 1. The van der Waals surface area contributed by atoms with E-state index >= 15 is 0 Å². The molecule has 0 unspecified atom stereocenters. The van der Waals surface area contributed by atoms with Crippen LogP contribution in [0.1, 0.15) is 37.7 Å². The van der Waals surface area contributed by atoms with Gasteiger partial charge in [-0.25, -0.2) is 8.42 Å². The number of likely N-dealkylation sites (tertiary alicyclic amines) is 1. The minimum absolute atomic E-state index is 0.102. The maximum Gasteiger partial charge on any atom is 0.263 e. The average molecular weight is 335 g/mol. The van der Waals surface area contributed by atoms with Crippen molar-refractivity contribution in [2.24, 2.45) is 4.99 Å². The SMILES string of the molecule is O=C(CCN=C1NS(=O)(=O)c2ccccc21)N1CCCCCC1. The van der Waals surface area contributed by atoms with E-state index in [4.69, 9.17) is 0 Å². The van der Waals surface area contributed by atoms with Gasteiger partial charge in [0.1, 0.15) is 5.84 Å². The van der Waals surface area contributed by atoms with Gasteiger partial charge in [0.2, 0.25) is 5.91 Å². The van der Waals surface area contributed by atoms with Crippen molar-refractivity contribution >= 4 is 21.8 Å². The van der Waals surface area contributed by atoms with Crippen LogP contribution in [0.3, 0.4) is 0 Å². The summed E-state index contributed by atoms with van der Waals surface area (Å²) in [6.45, 7) is 1.94. The molecular weight excluding hydrogens is 314 g/mol. The Bertz CT molecular complexity index is 720. The van der Waals surface area contributed by atoms with Gasteiger partial charge in [0.25, 0.3) is 10.0 Å². The van der Waals surface area contributed by atoms with Crippen molar-refractivity contribution in [1.29, 1.82) is 0 Å². The lowest BCUT2D eigenvalue weighted by Crippen LogP contribution is -2.32. The lowest BCUT2D eigenvalue weighted by Gasteiger charge is -2.19. The third-order valence-corrected chi connectivity index (χ3v) is 5.61. The molecule has 1 aromatic carbocycles. The molecule has 124 valence electrons. The van der Waals surface area contributed by atoms with Gasteiger partial charge in [0.15, 0.2) is 0 Å². The number of hydrogen-bond donors (Lipinski definition) is 1. The zero-order valence-corrected chi connectivity index (χ0v) is 13.8. The molecule has 2 heterocycles. The Morgan fingerprint density at radius 3 is 2.57 bits per heavy atom. The lowest BCUT2D eigenvalue weighted by atomic mass is 10.2. The second-order valence-corrected chi connectivity index (χ2v) is 7.53. The molecule has 0 saturated carbocycles. The van der Waals surface area contributed by atoms with Crippen LogP contribution in [0.2, 0.25) is 0 Å². The van der Waals surface area contributed by atoms with Crippen LogP contribution < -0.4 is 4.72 Å². The van der Waals surface area contributed by atoms with Gasteiger partial charge in [-0.15, -0.1) is 0 Å². The molecule has 23 heavy (non-hydrogen) atoms. The summed E-state index contributed by atoms with van der Waals surface area (Å²) in [5.41, 5.74) is 0.578.